The summed E-state index contributed by atoms with van der Waals surface area (Å²) >= 11 is 0. The Morgan fingerprint density at radius 1 is 0.913 bits per heavy atom. The number of aromatic nitrogens is 3. The van der Waals surface area contributed by atoms with Crippen molar-refractivity contribution in [2.75, 3.05) is 6.54 Å². The van der Waals surface area contributed by atoms with E-state index in [9.17, 15) is 0 Å². The first-order valence-corrected chi connectivity index (χ1v) is 8.11. The van der Waals surface area contributed by atoms with Crippen molar-refractivity contribution in [3.8, 4) is 11.3 Å². The second-order valence-electron chi connectivity index (χ2n) is 5.46. The third-order valence-corrected chi connectivity index (χ3v) is 3.78. The second-order valence-corrected chi connectivity index (χ2v) is 5.46. The number of rotatable bonds is 7. The summed E-state index contributed by atoms with van der Waals surface area (Å²) in [5.41, 5.74) is 4.44. The minimum atomic E-state index is 0.733. The van der Waals surface area contributed by atoms with Crippen LogP contribution in [0.15, 0.2) is 60.7 Å². The van der Waals surface area contributed by atoms with E-state index in [-0.39, 0.29) is 0 Å². The Hall–Kier alpha value is -2.46. The quantitative estimate of drug-likeness (QED) is 0.681. The number of hydrogen-bond acceptors (Lipinski definition) is 3. The van der Waals surface area contributed by atoms with Crippen LogP contribution in [-0.4, -0.2) is 21.5 Å². The zero-order valence-corrected chi connectivity index (χ0v) is 13.4. The first-order chi connectivity index (χ1) is 11.4. The molecule has 0 unspecified atom stereocenters. The molecule has 4 nitrogen and oxygen atoms in total. The average Bonchev–Trinajstić information content (AvgIpc) is 3.04. The Bertz CT molecular complexity index is 720. The van der Waals surface area contributed by atoms with E-state index in [1.807, 2.05) is 24.3 Å². The van der Waals surface area contributed by atoms with Gasteiger partial charge in [-0.25, -0.2) is 0 Å². The third-order valence-electron chi connectivity index (χ3n) is 3.78. The second kappa shape index (κ2) is 7.70. The maximum absolute atomic E-state index is 4.60. The summed E-state index contributed by atoms with van der Waals surface area (Å²) < 4.78 is 0. The fourth-order valence-corrected chi connectivity index (χ4v) is 2.55. The van der Waals surface area contributed by atoms with Crippen LogP contribution in [0.1, 0.15) is 18.2 Å². The van der Waals surface area contributed by atoms with Crippen LogP contribution in [0.25, 0.3) is 11.3 Å². The predicted molar refractivity (Wildman–Crippen MR) is 93.0 cm³/mol. The summed E-state index contributed by atoms with van der Waals surface area (Å²) in [7, 11) is 0. The van der Waals surface area contributed by atoms with E-state index in [2.05, 4.69) is 58.8 Å². The Morgan fingerprint density at radius 3 is 2.30 bits per heavy atom. The molecule has 0 amide bonds. The van der Waals surface area contributed by atoms with E-state index >= 15 is 0 Å². The molecule has 1 heterocycles. The van der Waals surface area contributed by atoms with Crippen molar-refractivity contribution >= 4 is 0 Å². The molecule has 0 saturated heterocycles. The van der Waals surface area contributed by atoms with Crippen LogP contribution in [-0.2, 0) is 19.5 Å². The van der Waals surface area contributed by atoms with Gasteiger partial charge in [0.1, 0.15) is 11.4 Å². The molecule has 0 atom stereocenters. The van der Waals surface area contributed by atoms with E-state index in [4.69, 9.17) is 0 Å². The number of nitrogens with one attached hydrogen (secondary N) is 1. The zero-order valence-electron chi connectivity index (χ0n) is 13.4. The van der Waals surface area contributed by atoms with Crippen LogP contribution in [0.5, 0.6) is 0 Å². The molecule has 0 radical (unpaired) electrons. The molecule has 0 fully saturated rings. The lowest BCUT2D eigenvalue weighted by Gasteiger charge is -2.04. The van der Waals surface area contributed by atoms with Gasteiger partial charge in [0.25, 0.3) is 0 Å². The van der Waals surface area contributed by atoms with Crippen molar-refractivity contribution in [1.29, 1.82) is 0 Å². The van der Waals surface area contributed by atoms with Crippen LogP contribution >= 0.6 is 0 Å². The molecular formula is C19H22N4. The highest BCUT2D eigenvalue weighted by atomic mass is 15.5. The number of benzene rings is 2. The van der Waals surface area contributed by atoms with E-state index in [1.165, 1.54) is 5.56 Å². The van der Waals surface area contributed by atoms with E-state index < -0.39 is 0 Å². The highest BCUT2D eigenvalue weighted by molar-refractivity contribution is 5.60. The Kier molecular flexibility index (Phi) is 5.17. The zero-order chi connectivity index (χ0) is 15.9. The van der Waals surface area contributed by atoms with Crippen LogP contribution in [0, 0.1) is 0 Å². The fraction of sp³-hybridized carbons (Fsp3) is 0.263. The maximum atomic E-state index is 4.60. The van der Waals surface area contributed by atoms with Crippen molar-refractivity contribution in [1.82, 2.24) is 20.3 Å². The van der Waals surface area contributed by atoms with E-state index in [1.54, 1.807) is 4.80 Å². The molecule has 4 heteroatoms. The number of hydrogen-bond donors (Lipinski definition) is 1. The molecule has 3 aromatic rings. The van der Waals surface area contributed by atoms with Gasteiger partial charge in [0.15, 0.2) is 0 Å². The van der Waals surface area contributed by atoms with E-state index in [0.717, 1.165) is 43.0 Å². The first kappa shape index (κ1) is 15.4. The normalized spacial score (nSPS) is 10.8. The molecule has 23 heavy (non-hydrogen) atoms. The topological polar surface area (TPSA) is 42.7 Å². The van der Waals surface area contributed by atoms with Gasteiger partial charge in [-0.15, -0.1) is 0 Å². The number of aryl methyl sites for hydroxylation is 1. The highest BCUT2D eigenvalue weighted by Crippen LogP contribution is 2.19. The molecule has 0 bridgehead atoms. The van der Waals surface area contributed by atoms with Crippen LogP contribution in [0.4, 0.5) is 0 Å². The summed E-state index contributed by atoms with van der Waals surface area (Å²) in [6.45, 7) is 4.50. The van der Waals surface area contributed by atoms with Gasteiger partial charge >= 0.3 is 0 Å². The van der Waals surface area contributed by atoms with Crippen molar-refractivity contribution in [3.05, 3.63) is 71.9 Å². The lowest BCUT2D eigenvalue weighted by molar-refractivity contribution is 0.558. The number of nitrogens with zero attached hydrogens (tertiary/aromatic N) is 3. The van der Waals surface area contributed by atoms with Crippen LogP contribution in [0.3, 0.4) is 0 Å². The highest BCUT2D eigenvalue weighted by Gasteiger charge is 2.11. The Balaban J connectivity index is 1.64. The summed E-state index contributed by atoms with van der Waals surface area (Å²) in [4.78, 5) is 1.76. The largest absolute Gasteiger partial charge is 0.311 e. The molecule has 0 saturated carbocycles. The Labute approximate surface area is 137 Å². The standard InChI is InChI=1S/C19H22N4/c1-2-23-21-18(19(22-23)17-11-7-4-8-12-17)15-20-14-13-16-9-5-3-6-10-16/h3-12,20H,2,13-15H2,1H3. The summed E-state index contributed by atoms with van der Waals surface area (Å²) in [6.07, 6.45) is 1.02. The maximum Gasteiger partial charge on any atom is 0.117 e. The third kappa shape index (κ3) is 4.05. The van der Waals surface area contributed by atoms with Crippen molar-refractivity contribution in [3.63, 3.8) is 0 Å². The van der Waals surface area contributed by atoms with Gasteiger partial charge in [-0.05, 0) is 25.5 Å². The predicted octanol–water partition coefficient (Wildman–Crippen LogP) is 3.30. The average molecular weight is 306 g/mol. The van der Waals surface area contributed by atoms with Gasteiger partial charge in [0, 0.05) is 12.1 Å². The van der Waals surface area contributed by atoms with Crippen LogP contribution < -0.4 is 5.32 Å². The van der Waals surface area contributed by atoms with Crippen LogP contribution in [0.2, 0.25) is 0 Å². The minimum absolute atomic E-state index is 0.733. The molecule has 118 valence electrons. The smallest absolute Gasteiger partial charge is 0.117 e. The molecule has 3 rings (SSSR count). The summed E-state index contributed by atoms with van der Waals surface area (Å²) in [5.74, 6) is 0. The lowest BCUT2D eigenvalue weighted by Crippen LogP contribution is -2.17. The van der Waals surface area contributed by atoms with E-state index in [0.29, 0.717) is 0 Å². The SMILES string of the molecule is CCn1nc(CNCCc2ccccc2)c(-c2ccccc2)n1. The molecule has 0 aliphatic rings. The molecule has 1 aromatic heterocycles. The summed E-state index contributed by atoms with van der Waals surface area (Å²) in [6, 6.07) is 20.8. The van der Waals surface area contributed by atoms with Crippen molar-refractivity contribution < 1.29 is 0 Å². The first-order valence-electron chi connectivity index (χ1n) is 8.11. The monoisotopic (exact) mass is 306 g/mol. The van der Waals surface area contributed by atoms with Gasteiger partial charge < -0.3 is 5.32 Å². The van der Waals surface area contributed by atoms with Gasteiger partial charge in [-0.2, -0.15) is 15.0 Å². The van der Waals surface area contributed by atoms with Crippen molar-refractivity contribution in [2.24, 2.45) is 0 Å². The molecule has 0 aliphatic heterocycles. The molecule has 0 spiro atoms. The van der Waals surface area contributed by atoms with Gasteiger partial charge in [-0.3, -0.25) is 0 Å². The lowest BCUT2D eigenvalue weighted by atomic mass is 10.1. The summed E-state index contributed by atoms with van der Waals surface area (Å²) in [5, 5.41) is 12.7. The molecule has 1 N–H and O–H groups in total. The fourth-order valence-electron chi connectivity index (χ4n) is 2.55. The molecular weight excluding hydrogens is 284 g/mol. The van der Waals surface area contributed by atoms with Gasteiger partial charge in [-0.1, -0.05) is 60.7 Å². The molecule has 0 aliphatic carbocycles. The Morgan fingerprint density at radius 2 is 1.61 bits per heavy atom. The van der Waals surface area contributed by atoms with Gasteiger partial charge in [0.2, 0.25) is 0 Å². The minimum Gasteiger partial charge on any atom is -0.311 e. The van der Waals surface area contributed by atoms with Gasteiger partial charge in [0.05, 0.1) is 6.54 Å². The molecule has 2 aromatic carbocycles. The van der Waals surface area contributed by atoms with Crippen molar-refractivity contribution in [2.45, 2.75) is 26.4 Å².